The minimum absolute atomic E-state index is 0.0942. The second kappa shape index (κ2) is 13.0. The van der Waals surface area contributed by atoms with E-state index in [0.29, 0.717) is 24.0 Å². The van der Waals surface area contributed by atoms with Crippen molar-refractivity contribution in [2.45, 2.75) is 50.8 Å². The Morgan fingerprint density at radius 1 is 1.10 bits per heavy atom. The van der Waals surface area contributed by atoms with Crippen LogP contribution in [0.4, 0.5) is 5.69 Å². The van der Waals surface area contributed by atoms with Crippen LogP contribution in [0.5, 0.6) is 11.5 Å². The van der Waals surface area contributed by atoms with E-state index in [1.165, 1.54) is 6.42 Å². The van der Waals surface area contributed by atoms with Gasteiger partial charge in [-0.15, -0.1) is 0 Å². The maximum Gasteiger partial charge on any atom is 0.262 e. The van der Waals surface area contributed by atoms with Gasteiger partial charge in [0.05, 0.1) is 15.6 Å². The lowest BCUT2D eigenvalue weighted by Crippen LogP contribution is -2.48. The third-order valence-electron chi connectivity index (χ3n) is 7.27. The third kappa shape index (κ3) is 6.77. The number of halogens is 2. The van der Waals surface area contributed by atoms with Crippen LogP contribution in [0.1, 0.15) is 43.7 Å². The van der Waals surface area contributed by atoms with E-state index in [1.54, 1.807) is 18.9 Å². The summed E-state index contributed by atoms with van der Waals surface area (Å²) in [4.78, 5) is 16.7. The molecule has 0 spiro atoms. The summed E-state index contributed by atoms with van der Waals surface area (Å²) >= 11 is 7.34. The number of thioether (sulfide) groups is 1. The highest BCUT2D eigenvalue weighted by Gasteiger charge is 2.42. The molecule has 1 aliphatic carbocycles. The number of nitrogens with zero attached hydrogens (tertiary/aromatic N) is 1. The lowest BCUT2D eigenvalue weighted by Gasteiger charge is -2.39. The SMILES string of the molecule is COc1cc(/C=C2\SC(Nc3ccccc3)N([C@@H]3CCCC[C@H]3C)C2=O)cc(I)c1OCc1ccc(Br)cc1. The van der Waals surface area contributed by atoms with E-state index in [9.17, 15) is 4.79 Å². The fraction of sp³-hybridized carbons (Fsp3) is 0.323. The Morgan fingerprint density at radius 2 is 1.85 bits per heavy atom. The first-order chi connectivity index (χ1) is 18.9. The van der Waals surface area contributed by atoms with Gasteiger partial charge in [0, 0.05) is 16.2 Å². The molecule has 5 rings (SSSR count). The summed E-state index contributed by atoms with van der Waals surface area (Å²) in [7, 11) is 1.65. The zero-order valence-electron chi connectivity index (χ0n) is 22.0. The molecule has 1 saturated heterocycles. The second-order valence-electron chi connectivity index (χ2n) is 9.98. The molecule has 2 aliphatic rings. The molecule has 0 bridgehead atoms. The number of carbonyl (C=O) groups excluding carboxylic acids is 1. The van der Waals surface area contributed by atoms with Crippen LogP contribution >= 0.6 is 50.3 Å². The van der Waals surface area contributed by atoms with Crippen molar-refractivity contribution in [3.8, 4) is 11.5 Å². The number of carbonyl (C=O) groups is 1. The number of para-hydroxylation sites is 1. The van der Waals surface area contributed by atoms with Gasteiger partial charge in [0.15, 0.2) is 17.0 Å². The number of ether oxygens (including phenoxy) is 2. The molecule has 1 N–H and O–H groups in total. The monoisotopic (exact) mass is 718 g/mol. The summed E-state index contributed by atoms with van der Waals surface area (Å²) in [5.41, 5.74) is 2.86. The van der Waals surface area contributed by atoms with E-state index in [0.717, 1.165) is 49.0 Å². The fourth-order valence-electron chi connectivity index (χ4n) is 5.22. The minimum Gasteiger partial charge on any atom is -0.493 e. The van der Waals surface area contributed by atoms with E-state index >= 15 is 0 Å². The number of rotatable bonds is 8. The van der Waals surface area contributed by atoms with Crippen LogP contribution in [0.25, 0.3) is 6.08 Å². The Hall–Kier alpha value is -2.17. The normalized spacial score (nSPS) is 22.3. The van der Waals surface area contributed by atoms with Crippen molar-refractivity contribution >= 4 is 68.0 Å². The summed E-state index contributed by atoms with van der Waals surface area (Å²) in [5.74, 6) is 1.93. The smallest absolute Gasteiger partial charge is 0.262 e. The van der Waals surface area contributed by atoms with Crippen LogP contribution < -0.4 is 14.8 Å². The number of amides is 1. The molecule has 8 heteroatoms. The van der Waals surface area contributed by atoms with E-state index in [4.69, 9.17) is 9.47 Å². The van der Waals surface area contributed by atoms with Gasteiger partial charge in [0.25, 0.3) is 5.91 Å². The second-order valence-corrected chi connectivity index (χ2v) is 13.2. The topological polar surface area (TPSA) is 50.8 Å². The van der Waals surface area contributed by atoms with Crippen molar-refractivity contribution in [3.63, 3.8) is 0 Å². The van der Waals surface area contributed by atoms with Gasteiger partial charge in [0.2, 0.25) is 0 Å². The molecule has 0 aromatic heterocycles. The largest absolute Gasteiger partial charge is 0.493 e. The molecule has 204 valence electrons. The molecule has 1 heterocycles. The number of hydrogen-bond acceptors (Lipinski definition) is 5. The zero-order chi connectivity index (χ0) is 27.4. The van der Waals surface area contributed by atoms with Crippen molar-refractivity contribution in [3.05, 3.63) is 90.8 Å². The predicted molar refractivity (Wildman–Crippen MR) is 172 cm³/mol. The molecular formula is C31H32BrIN2O3S. The Morgan fingerprint density at radius 3 is 2.56 bits per heavy atom. The van der Waals surface area contributed by atoms with E-state index in [1.807, 2.05) is 60.7 Å². The summed E-state index contributed by atoms with van der Waals surface area (Å²) in [6, 6.07) is 22.4. The Balaban J connectivity index is 1.40. The fourth-order valence-corrected chi connectivity index (χ4v) is 7.48. The average molecular weight is 719 g/mol. The maximum atomic E-state index is 13.9. The third-order valence-corrected chi connectivity index (χ3v) is 9.71. The summed E-state index contributed by atoms with van der Waals surface area (Å²) < 4.78 is 13.8. The van der Waals surface area contributed by atoms with Crippen LogP contribution in [0.3, 0.4) is 0 Å². The molecule has 1 saturated carbocycles. The molecule has 3 atom stereocenters. The molecular weight excluding hydrogens is 687 g/mol. The Bertz CT molecular complexity index is 1340. The molecule has 2 fully saturated rings. The molecule has 3 aromatic rings. The lowest BCUT2D eigenvalue weighted by molar-refractivity contribution is -0.129. The highest BCUT2D eigenvalue weighted by Crippen LogP contribution is 2.43. The van der Waals surface area contributed by atoms with Crippen LogP contribution in [-0.4, -0.2) is 29.5 Å². The highest BCUT2D eigenvalue weighted by molar-refractivity contribution is 14.1. The van der Waals surface area contributed by atoms with Gasteiger partial charge in [-0.3, -0.25) is 4.79 Å². The number of nitrogens with one attached hydrogen (secondary N) is 1. The van der Waals surface area contributed by atoms with Gasteiger partial charge < -0.3 is 19.7 Å². The van der Waals surface area contributed by atoms with Crippen molar-refractivity contribution in [2.24, 2.45) is 5.92 Å². The molecule has 39 heavy (non-hydrogen) atoms. The average Bonchev–Trinajstić information content (AvgIpc) is 3.23. The van der Waals surface area contributed by atoms with Crippen LogP contribution in [-0.2, 0) is 11.4 Å². The van der Waals surface area contributed by atoms with Crippen molar-refractivity contribution in [2.75, 3.05) is 12.4 Å². The van der Waals surface area contributed by atoms with Crippen molar-refractivity contribution in [1.82, 2.24) is 4.90 Å². The Labute approximate surface area is 257 Å². The van der Waals surface area contributed by atoms with Crippen molar-refractivity contribution < 1.29 is 14.3 Å². The van der Waals surface area contributed by atoms with Gasteiger partial charge in [-0.1, -0.05) is 77.8 Å². The number of benzene rings is 3. The quantitative estimate of drug-likeness (QED) is 0.187. The predicted octanol–water partition coefficient (Wildman–Crippen LogP) is 8.53. The highest BCUT2D eigenvalue weighted by atomic mass is 127. The lowest BCUT2D eigenvalue weighted by atomic mass is 9.85. The molecule has 1 amide bonds. The van der Waals surface area contributed by atoms with Crippen LogP contribution in [0.2, 0.25) is 0 Å². The minimum atomic E-state index is -0.147. The summed E-state index contributed by atoms with van der Waals surface area (Å²) in [5, 5.41) is 3.61. The first kappa shape index (κ1) is 28.4. The number of anilines is 1. The first-order valence-corrected chi connectivity index (χ1v) is 16.0. The molecule has 0 radical (unpaired) electrons. The van der Waals surface area contributed by atoms with Crippen LogP contribution in [0.15, 0.2) is 76.1 Å². The van der Waals surface area contributed by atoms with Gasteiger partial charge in [-0.2, -0.15) is 0 Å². The molecule has 5 nitrogen and oxygen atoms in total. The van der Waals surface area contributed by atoms with E-state index in [2.05, 4.69) is 67.8 Å². The standard InChI is InChI=1S/C31H32BrIN2O3S/c1-20-8-6-7-11-26(20)35-30(36)28(39-31(35)34-24-9-4-3-5-10-24)18-22-16-25(33)29(27(17-22)37-2)38-19-21-12-14-23(32)15-13-21/h3-5,9-10,12-18,20,26,31,34H,6-8,11,19H2,1-2H3/b28-18-/t20-,26-,31?/m1/s1. The summed E-state index contributed by atoms with van der Waals surface area (Å²) in [6.07, 6.45) is 6.60. The Kier molecular flexibility index (Phi) is 9.45. The van der Waals surface area contributed by atoms with Gasteiger partial charge in [-0.25, -0.2) is 0 Å². The number of methoxy groups -OCH3 is 1. The van der Waals surface area contributed by atoms with Gasteiger partial charge in [-0.05, 0) is 95.0 Å². The van der Waals surface area contributed by atoms with Gasteiger partial charge in [0.1, 0.15) is 6.61 Å². The summed E-state index contributed by atoms with van der Waals surface area (Å²) in [6.45, 7) is 2.72. The van der Waals surface area contributed by atoms with Crippen LogP contribution in [0, 0.1) is 9.49 Å². The molecule has 1 aliphatic heterocycles. The molecule has 3 aromatic carbocycles. The zero-order valence-corrected chi connectivity index (χ0v) is 26.6. The molecule has 1 unspecified atom stereocenters. The first-order valence-electron chi connectivity index (χ1n) is 13.2. The van der Waals surface area contributed by atoms with Gasteiger partial charge >= 0.3 is 0 Å². The number of hydrogen-bond donors (Lipinski definition) is 1. The van der Waals surface area contributed by atoms with E-state index in [-0.39, 0.29) is 17.4 Å². The van der Waals surface area contributed by atoms with Crippen molar-refractivity contribution in [1.29, 1.82) is 0 Å². The van der Waals surface area contributed by atoms with E-state index < -0.39 is 0 Å². The maximum absolute atomic E-state index is 13.9.